The van der Waals surface area contributed by atoms with Crippen molar-refractivity contribution in [1.82, 2.24) is 4.90 Å². The van der Waals surface area contributed by atoms with Crippen molar-refractivity contribution in [2.24, 2.45) is 0 Å². The Bertz CT molecular complexity index is 2000. The summed E-state index contributed by atoms with van der Waals surface area (Å²) in [5.41, 5.74) is 3.56. The van der Waals surface area contributed by atoms with Crippen molar-refractivity contribution >= 4 is 41.2 Å². The average molecular weight is 697 g/mol. The predicted molar refractivity (Wildman–Crippen MR) is 190 cm³/mol. The van der Waals surface area contributed by atoms with Crippen LogP contribution in [0.1, 0.15) is 41.7 Å². The van der Waals surface area contributed by atoms with Crippen LogP contribution in [0.15, 0.2) is 96.2 Å². The lowest BCUT2D eigenvalue weighted by molar-refractivity contribution is -0.143. The molecule has 0 saturated carbocycles. The van der Waals surface area contributed by atoms with Gasteiger partial charge in [-0.25, -0.2) is 9.59 Å². The molecule has 0 aromatic heterocycles. The number of rotatable bonds is 8. The number of benzene rings is 4. The lowest BCUT2D eigenvalue weighted by Gasteiger charge is -2.53. The number of hydrogen-bond acceptors (Lipinski definition) is 7. The summed E-state index contributed by atoms with van der Waals surface area (Å²) in [6, 6.07) is 25.2. The third kappa shape index (κ3) is 4.70. The molecule has 3 aliphatic rings. The molecule has 1 spiro atoms. The standard InChI is InChI=1S/C40H35Cl2NO6/c1-5-48-37(44)35-36(38(45)49-6-2)43-19-17-25-20-33(46-3)34(47-4)23-30(25)39(43,18-16-24-10-8-7-9-11-24)40(35)31-21-26(41)12-14-28(31)29-15-13-27(42)22-32(29)40/h7-16,18,20-23H,5-6,17,19H2,1-4H3/b18-16+. The Balaban J connectivity index is 1.75. The Morgan fingerprint density at radius 1 is 0.776 bits per heavy atom. The van der Waals surface area contributed by atoms with Gasteiger partial charge in [-0.3, -0.25) is 0 Å². The van der Waals surface area contributed by atoms with E-state index >= 15 is 0 Å². The Kier molecular flexibility index (Phi) is 8.45. The monoisotopic (exact) mass is 695 g/mol. The van der Waals surface area contributed by atoms with Gasteiger partial charge in [0.05, 0.1) is 38.4 Å². The first-order chi connectivity index (χ1) is 23.8. The van der Waals surface area contributed by atoms with Crippen LogP contribution < -0.4 is 9.47 Å². The summed E-state index contributed by atoms with van der Waals surface area (Å²) in [7, 11) is 3.20. The first kappa shape index (κ1) is 32.8. The molecule has 1 aliphatic carbocycles. The maximum Gasteiger partial charge on any atom is 0.355 e. The molecule has 0 bridgehead atoms. The number of nitrogens with zero attached hydrogens (tertiary/aromatic N) is 1. The average Bonchev–Trinajstić information content (AvgIpc) is 3.54. The summed E-state index contributed by atoms with van der Waals surface area (Å²) < 4.78 is 23.3. The van der Waals surface area contributed by atoms with Crippen molar-refractivity contribution in [3.8, 4) is 22.6 Å². The minimum atomic E-state index is -1.40. The van der Waals surface area contributed by atoms with Crippen LogP contribution in [0.4, 0.5) is 0 Å². The third-order valence-corrected chi connectivity index (χ3v) is 10.3. The molecule has 1 atom stereocenters. The summed E-state index contributed by atoms with van der Waals surface area (Å²) in [5, 5.41) is 0.948. The minimum Gasteiger partial charge on any atom is -0.493 e. The smallest absolute Gasteiger partial charge is 0.355 e. The molecule has 0 saturated heterocycles. The van der Waals surface area contributed by atoms with Crippen LogP contribution in [0.3, 0.4) is 0 Å². The second-order valence-electron chi connectivity index (χ2n) is 12.1. The summed E-state index contributed by atoms with van der Waals surface area (Å²) in [6.07, 6.45) is 4.67. The highest BCUT2D eigenvalue weighted by atomic mass is 35.5. The molecule has 9 heteroatoms. The van der Waals surface area contributed by atoms with E-state index in [1.165, 1.54) is 0 Å². The Labute approximate surface area is 295 Å². The predicted octanol–water partition coefficient (Wildman–Crippen LogP) is 8.14. The van der Waals surface area contributed by atoms with Crippen LogP contribution in [0.25, 0.3) is 17.2 Å². The van der Waals surface area contributed by atoms with Crippen LogP contribution in [0.2, 0.25) is 10.0 Å². The fraction of sp³-hybridized carbons (Fsp3) is 0.250. The van der Waals surface area contributed by atoms with Crippen molar-refractivity contribution in [2.45, 2.75) is 31.2 Å². The van der Waals surface area contributed by atoms with Gasteiger partial charge in [-0.1, -0.05) is 77.8 Å². The van der Waals surface area contributed by atoms with Crippen LogP contribution in [-0.4, -0.2) is 50.8 Å². The van der Waals surface area contributed by atoms with E-state index in [1.54, 1.807) is 28.1 Å². The largest absolute Gasteiger partial charge is 0.493 e. The van der Waals surface area contributed by atoms with Crippen molar-refractivity contribution < 1.29 is 28.5 Å². The number of carbonyl (C=O) groups excluding carboxylic acids is 2. The molecule has 0 N–H and O–H groups in total. The molecule has 0 amide bonds. The molecule has 1 unspecified atom stereocenters. The first-order valence-electron chi connectivity index (χ1n) is 16.2. The topological polar surface area (TPSA) is 74.3 Å². The molecule has 7 rings (SSSR count). The number of ether oxygens (including phenoxy) is 4. The van der Waals surface area contributed by atoms with Crippen LogP contribution in [-0.2, 0) is 36.4 Å². The highest BCUT2D eigenvalue weighted by Crippen LogP contribution is 2.70. The van der Waals surface area contributed by atoms with E-state index in [2.05, 4.69) is 6.08 Å². The molecule has 0 fully saturated rings. The van der Waals surface area contributed by atoms with Crippen molar-refractivity contribution in [2.75, 3.05) is 34.0 Å². The van der Waals surface area contributed by atoms with Gasteiger partial charge < -0.3 is 23.8 Å². The maximum atomic E-state index is 14.8. The summed E-state index contributed by atoms with van der Waals surface area (Å²) >= 11 is 13.7. The number of halogens is 2. The molecule has 7 nitrogen and oxygen atoms in total. The van der Waals surface area contributed by atoms with Gasteiger partial charge in [0.2, 0.25) is 0 Å². The van der Waals surface area contributed by atoms with Crippen molar-refractivity contribution in [3.63, 3.8) is 0 Å². The number of esters is 2. The number of hydrogen-bond donors (Lipinski definition) is 0. The first-order valence-corrected chi connectivity index (χ1v) is 17.0. The van der Waals surface area contributed by atoms with E-state index < -0.39 is 22.9 Å². The second-order valence-corrected chi connectivity index (χ2v) is 12.9. The van der Waals surface area contributed by atoms with Gasteiger partial charge in [-0.15, -0.1) is 0 Å². The van der Waals surface area contributed by atoms with E-state index in [1.807, 2.05) is 89.8 Å². The van der Waals surface area contributed by atoms with Gasteiger partial charge in [-0.05, 0) is 95.6 Å². The van der Waals surface area contributed by atoms with Crippen LogP contribution in [0, 0.1) is 0 Å². The summed E-state index contributed by atoms with van der Waals surface area (Å²) in [4.78, 5) is 31.2. The second kappa shape index (κ2) is 12.6. The van der Waals surface area contributed by atoms with Gasteiger partial charge in [0.15, 0.2) is 11.5 Å². The summed E-state index contributed by atoms with van der Waals surface area (Å²) in [5.74, 6) is -0.175. The van der Waals surface area contributed by atoms with Crippen molar-refractivity contribution in [3.05, 3.63) is 134 Å². The molecular formula is C40H35Cl2NO6. The van der Waals surface area contributed by atoms with Crippen molar-refractivity contribution in [1.29, 1.82) is 0 Å². The van der Waals surface area contributed by atoms with E-state index in [4.69, 9.17) is 42.1 Å². The van der Waals surface area contributed by atoms with Gasteiger partial charge in [0.1, 0.15) is 11.2 Å². The van der Waals surface area contributed by atoms with Crippen LogP contribution in [0.5, 0.6) is 11.5 Å². The lowest BCUT2D eigenvalue weighted by atomic mass is 9.56. The number of carbonyl (C=O) groups is 2. The number of fused-ring (bicyclic) bond motifs is 9. The fourth-order valence-corrected chi connectivity index (χ4v) is 8.48. The zero-order valence-electron chi connectivity index (χ0n) is 27.6. The van der Waals surface area contributed by atoms with E-state index in [0.717, 1.165) is 38.9 Å². The van der Waals surface area contributed by atoms with Crippen LogP contribution >= 0.6 is 23.2 Å². The van der Waals surface area contributed by atoms with E-state index in [-0.39, 0.29) is 24.5 Å². The maximum absolute atomic E-state index is 14.8. The zero-order valence-corrected chi connectivity index (χ0v) is 29.2. The molecule has 2 aliphatic heterocycles. The van der Waals surface area contributed by atoms with Gasteiger partial charge in [-0.2, -0.15) is 0 Å². The Morgan fingerprint density at radius 2 is 1.37 bits per heavy atom. The highest BCUT2D eigenvalue weighted by Gasteiger charge is 2.71. The molecule has 2 heterocycles. The quantitative estimate of drug-likeness (QED) is 0.172. The lowest BCUT2D eigenvalue weighted by Crippen LogP contribution is -2.57. The third-order valence-electron chi connectivity index (χ3n) is 9.83. The molecular weight excluding hydrogens is 661 g/mol. The molecule has 4 aromatic carbocycles. The van der Waals surface area contributed by atoms with Gasteiger partial charge in [0, 0.05) is 16.6 Å². The zero-order chi connectivity index (χ0) is 34.5. The van der Waals surface area contributed by atoms with Gasteiger partial charge >= 0.3 is 11.9 Å². The normalized spacial score (nSPS) is 18.2. The molecule has 0 radical (unpaired) electrons. The van der Waals surface area contributed by atoms with E-state index in [0.29, 0.717) is 34.5 Å². The Hall–Kier alpha value is -4.72. The van der Waals surface area contributed by atoms with Gasteiger partial charge in [0.25, 0.3) is 0 Å². The highest BCUT2D eigenvalue weighted by molar-refractivity contribution is 6.31. The molecule has 250 valence electrons. The number of methoxy groups -OCH3 is 2. The minimum absolute atomic E-state index is 0.0911. The molecule has 4 aromatic rings. The Morgan fingerprint density at radius 3 is 1.96 bits per heavy atom. The fourth-order valence-electron chi connectivity index (χ4n) is 8.13. The molecule has 49 heavy (non-hydrogen) atoms. The summed E-state index contributed by atoms with van der Waals surface area (Å²) in [6.45, 7) is 4.07. The van der Waals surface area contributed by atoms with E-state index in [9.17, 15) is 9.59 Å². The SMILES string of the molecule is CCOC(=O)C1=C(C(=O)OCC)C2(c3cc(Cl)ccc3-c3ccc(Cl)cc32)C2(/C=C/c3ccccc3)c3cc(OC)c(OC)cc3CCN12.